The Labute approximate surface area is 144 Å². The molecule has 0 saturated heterocycles. The normalized spacial score (nSPS) is 35.0. The average molecular weight is 335 g/mol. The highest BCUT2D eigenvalue weighted by Crippen LogP contribution is 2.61. The van der Waals surface area contributed by atoms with Crippen LogP contribution in [0.2, 0.25) is 0 Å². The van der Waals surface area contributed by atoms with Crippen LogP contribution in [0.3, 0.4) is 0 Å². The van der Waals surface area contributed by atoms with Crippen molar-refractivity contribution in [1.29, 1.82) is 0 Å². The second kappa shape index (κ2) is 5.87. The molecule has 0 spiro atoms. The summed E-state index contributed by atoms with van der Waals surface area (Å²) in [6.45, 7) is 9.02. The van der Waals surface area contributed by atoms with Crippen LogP contribution in [-0.2, 0) is 14.3 Å². The Balaban J connectivity index is 2.05. The summed E-state index contributed by atoms with van der Waals surface area (Å²) < 4.78 is 5.92. The smallest absolute Gasteiger partial charge is 0.323 e. The van der Waals surface area contributed by atoms with E-state index in [2.05, 4.69) is 20.8 Å². The number of aliphatic carboxylic acids is 1. The first-order valence-electron chi connectivity index (χ1n) is 9.10. The fourth-order valence-electron chi connectivity index (χ4n) is 5.64. The number of fused-ring (bicyclic) bond motifs is 2. The van der Waals surface area contributed by atoms with Crippen LogP contribution in [0.5, 0.6) is 0 Å². The Morgan fingerprint density at radius 3 is 2.67 bits per heavy atom. The maximum atomic E-state index is 12.9. The van der Waals surface area contributed by atoms with Crippen molar-refractivity contribution in [2.24, 2.45) is 16.7 Å². The van der Waals surface area contributed by atoms with Crippen molar-refractivity contribution in [2.45, 2.75) is 66.0 Å². The minimum absolute atomic E-state index is 0.0713. The van der Waals surface area contributed by atoms with Gasteiger partial charge in [0.15, 0.2) is 6.23 Å². The van der Waals surface area contributed by atoms with Gasteiger partial charge in [-0.05, 0) is 54.9 Å². The lowest BCUT2D eigenvalue weighted by molar-refractivity contribution is -0.149. The zero-order valence-corrected chi connectivity index (χ0v) is 15.2. The van der Waals surface area contributed by atoms with Crippen LogP contribution in [0, 0.1) is 16.7 Å². The first kappa shape index (κ1) is 17.5. The van der Waals surface area contributed by atoms with Gasteiger partial charge in [-0.2, -0.15) is 0 Å². The highest BCUT2D eigenvalue weighted by molar-refractivity contribution is 5.99. The lowest BCUT2D eigenvalue weighted by atomic mass is 9.50. The number of carboxylic acids is 1. The summed E-state index contributed by atoms with van der Waals surface area (Å²) in [4.78, 5) is 25.5. The SMILES string of the molecule is CCO[C@@H]1C2=C(CC[C@H]3C(C)(C)CCC[C@]23C)C(=O)N1CC(=O)O. The van der Waals surface area contributed by atoms with Crippen molar-refractivity contribution < 1.29 is 19.4 Å². The molecule has 1 N–H and O–H groups in total. The van der Waals surface area contributed by atoms with E-state index >= 15 is 0 Å². The van der Waals surface area contributed by atoms with E-state index in [1.165, 1.54) is 11.3 Å². The quantitative estimate of drug-likeness (QED) is 0.857. The molecule has 0 unspecified atom stereocenters. The van der Waals surface area contributed by atoms with Crippen LogP contribution in [0.1, 0.15) is 59.8 Å². The van der Waals surface area contributed by atoms with Gasteiger partial charge in [0.05, 0.1) is 0 Å². The molecule has 1 saturated carbocycles. The third kappa shape index (κ3) is 2.48. The number of carbonyl (C=O) groups is 2. The number of amides is 1. The number of ether oxygens (including phenoxy) is 1. The van der Waals surface area contributed by atoms with Gasteiger partial charge < -0.3 is 9.84 Å². The number of nitrogens with zero attached hydrogens (tertiary/aromatic N) is 1. The number of hydrogen-bond acceptors (Lipinski definition) is 3. The van der Waals surface area contributed by atoms with Gasteiger partial charge in [-0.1, -0.05) is 27.2 Å². The van der Waals surface area contributed by atoms with Gasteiger partial charge in [-0.25, -0.2) is 0 Å². The molecule has 5 nitrogen and oxygen atoms in total. The summed E-state index contributed by atoms with van der Waals surface area (Å²) in [5.74, 6) is -0.606. The molecule has 1 heterocycles. The van der Waals surface area contributed by atoms with E-state index in [4.69, 9.17) is 4.74 Å². The molecule has 1 aliphatic heterocycles. The van der Waals surface area contributed by atoms with Gasteiger partial charge in [0, 0.05) is 12.2 Å². The van der Waals surface area contributed by atoms with Crippen LogP contribution in [0.15, 0.2) is 11.1 Å². The van der Waals surface area contributed by atoms with Crippen LogP contribution in [0.4, 0.5) is 0 Å². The predicted octanol–water partition coefficient (Wildman–Crippen LogP) is 3.20. The van der Waals surface area contributed by atoms with E-state index in [1.807, 2.05) is 6.92 Å². The molecular weight excluding hydrogens is 306 g/mol. The van der Waals surface area contributed by atoms with Gasteiger partial charge >= 0.3 is 5.97 Å². The van der Waals surface area contributed by atoms with Crippen molar-refractivity contribution in [3.05, 3.63) is 11.1 Å². The van der Waals surface area contributed by atoms with Crippen LogP contribution < -0.4 is 0 Å². The van der Waals surface area contributed by atoms with E-state index in [0.29, 0.717) is 12.5 Å². The topological polar surface area (TPSA) is 66.8 Å². The predicted molar refractivity (Wildman–Crippen MR) is 90.3 cm³/mol. The highest BCUT2D eigenvalue weighted by atomic mass is 16.5. The maximum absolute atomic E-state index is 12.9. The monoisotopic (exact) mass is 335 g/mol. The maximum Gasteiger partial charge on any atom is 0.323 e. The van der Waals surface area contributed by atoms with Crippen LogP contribution in [-0.4, -0.2) is 41.3 Å². The van der Waals surface area contributed by atoms with E-state index in [9.17, 15) is 14.7 Å². The molecular formula is C19H29NO4. The van der Waals surface area contributed by atoms with Crippen molar-refractivity contribution in [2.75, 3.05) is 13.2 Å². The van der Waals surface area contributed by atoms with Crippen LogP contribution >= 0.6 is 0 Å². The molecule has 5 heteroatoms. The molecule has 3 rings (SSSR count). The van der Waals surface area contributed by atoms with E-state index in [-0.39, 0.29) is 23.3 Å². The zero-order valence-electron chi connectivity index (χ0n) is 15.2. The molecule has 0 aromatic carbocycles. The number of carboxylic acid groups (broad SMARTS) is 1. The second-order valence-electron chi connectivity index (χ2n) is 8.38. The third-order valence-electron chi connectivity index (χ3n) is 6.53. The minimum Gasteiger partial charge on any atom is -0.480 e. The van der Waals surface area contributed by atoms with E-state index in [1.54, 1.807) is 0 Å². The minimum atomic E-state index is -0.987. The first-order valence-corrected chi connectivity index (χ1v) is 9.10. The van der Waals surface area contributed by atoms with Crippen molar-refractivity contribution in [1.82, 2.24) is 4.90 Å². The molecule has 3 aliphatic rings. The largest absolute Gasteiger partial charge is 0.480 e. The Morgan fingerprint density at radius 1 is 1.33 bits per heavy atom. The zero-order chi connectivity index (χ0) is 17.7. The molecule has 0 radical (unpaired) electrons. The summed E-state index contributed by atoms with van der Waals surface area (Å²) in [7, 11) is 0. The summed E-state index contributed by atoms with van der Waals surface area (Å²) >= 11 is 0. The molecule has 0 aromatic rings. The van der Waals surface area contributed by atoms with Gasteiger partial charge in [0.1, 0.15) is 6.54 Å². The second-order valence-corrected chi connectivity index (χ2v) is 8.38. The average Bonchev–Trinajstić information content (AvgIpc) is 2.73. The fourth-order valence-corrected chi connectivity index (χ4v) is 5.64. The Bertz CT molecular complexity index is 594. The lowest BCUT2D eigenvalue weighted by Crippen LogP contribution is -2.49. The van der Waals surface area contributed by atoms with Crippen molar-refractivity contribution >= 4 is 11.9 Å². The lowest BCUT2D eigenvalue weighted by Gasteiger charge is -2.54. The number of hydrogen-bond donors (Lipinski definition) is 1. The highest BCUT2D eigenvalue weighted by Gasteiger charge is 2.57. The summed E-state index contributed by atoms with van der Waals surface area (Å²) in [6.07, 6.45) is 4.66. The fraction of sp³-hybridized carbons (Fsp3) is 0.789. The molecule has 3 atom stereocenters. The molecule has 134 valence electrons. The third-order valence-corrected chi connectivity index (χ3v) is 6.53. The summed E-state index contributed by atoms with van der Waals surface area (Å²) in [5.41, 5.74) is 2.08. The van der Waals surface area contributed by atoms with Gasteiger partial charge in [-0.15, -0.1) is 0 Å². The number of carbonyl (C=O) groups excluding carboxylic acids is 1. The van der Waals surface area contributed by atoms with Gasteiger partial charge in [0.25, 0.3) is 5.91 Å². The Morgan fingerprint density at radius 2 is 2.04 bits per heavy atom. The van der Waals surface area contributed by atoms with Crippen LogP contribution in [0.25, 0.3) is 0 Å². The molecule has 0 bridgehead atoms. The first-order chi connectivity index (χ1) is 11.2. The van der Waals surface area contributed by atoms with Crippen molar-refractivity contribution in [3.63, 3.8) is 0 Å². The molecule has 1 fully saturated rings. The summed E-state index contributed by atoms with van der Waals surface area (Å²) in [6, 6.07) is 0. The molecule has 1 amide bonds. The summed E-state index contributed by atoms with van der Waals surface area (Å²) in [5, 5.41) is 9.22. The van der Waals surface area contributed by atoms with E-state index in [0.717, 1.165) is 36.8 Å². The molecule has 2 aliphatic carbocycles. The van der Waals surface area contributed by atoms with Gasteiger partial charge in [-0.3, -0.25) is 14.5 Å². The molecule has 0 aromatic heterocycles. The Kier molecular flexibility index (Phi) is 4.27. The number of rotatable bonds is 4. The standard InChI is InChI=1S/C19H29NO4/c1-5-24-17-15-12(16(23)20(17)11-14(21)22)7-8-13-18(2,3)9-6-10-19(13,15)4/h13,17H,5-11H2,1-4H3,(H,21,22)/t13-,17+,19-/m0/s1. The molecule has 24 heavy (non-hydrogen) atoms. The van der Waals surface area contributed by atoms with E-state index < -0.39 is 12.2 Å². The Hall–Kier alpha value is -1.36. The van der Waals surface area contributed by atoms with Gasteiger partial charge in [0.2, 0.25) is 0 Å². The van der Waals surface area contributed by atoms with Crippen molar-refractivity contribution in [3.8, 4) is 0 Å².